The third-order valence-corrected chi connectivity index (χ3v) is 4.85. The van der Waals surface area contributed by atoms with Crippen LogP contribution in [0.5, 0.6) is 0 Å². The number of carbonyl (C=O) groups excluding carboxylic acids is 1. The Kier molecular flexibility index (Phi) is 7.48. The summed E-state index contributed by atoms with van der Waals surface area (Å²) in [7, 11) is -3.39. The fourth-order valence-electron chi connectivity index (χ4n) is 2.81. The van der Waals surface area contributed by atoms with Crippen molar-refractivity contribution in [1.82, 2.24) is 10.3 Å². The van der Waals surface area contributed by atoms with Crippen LogP contribution in [0.3, 0.4) is 0 Å². The lowest BCUT2D eigenvalue weighted by atomic mass is 10.0. The van der Waals surface area contributed by atoms with E-state index in [9.17, 15) is 26.4 Å². The van der Waals surface area contributed by atoms with Crippen molar-refractivity contribution in [2.75, 3.05) is 11.0 Å². The number of amides is 1. The van der Waals surface area contributed by atoms with Crippen LogP contribution in [0.2, 0.25) is 0 Å². The molecular formula is C21H24F3N3O3S. The summed E-state index contributed by atoms with van der Waals surface area (Å²) in [5.74, 6) is -0.683. The molecule has 2 aromatic rings. The monoisotopic (exact) mass is 455 g/mol. The largest absolute Gasteiger partial charge is 0.433 e. The van der Waals surface area contributed by atoms with Gasteiger partial charge in [0.25, 0.3) is 0 Å². The molecule has 0 aliphatic rings. The highest BCUT2D eigenvalue weighted by atomic mass is 32.2. The topological polar surface area (TPSA) is 88.2 Å². The first-order valence-corrected chi connectivity index (χ1v) is 11.3. The van der Waals surface area contributed by atoms with Crippen molar-refractivity contribution in [2.24, 2.45) is 0 Å². The van der Waals surface area contributed by atoms with Gasteiger partial charge < -0.3 is 5.32 Å². The second kappa shape index (κ2) is 9.51. The highest BCUT2D eigenvalue weighted by molar-refractivity contribution is 7.92. The summed E-state index contributed by atoms with van der Waals surface area (Å²) in [5.41, 5.74) is 1.63. The fourth-order valence-corrected chi connectivity index (χ4v) is 3.44. The normalized spacial score (nSPS) is 12.4. The Bertz CT molecular complexity index is 1090. The number of halogens is 3. The van der Waals surface area contributed by atoms with Crippen LogP contribution in [-0.2, 0) is 27.5 Å². The number of hydrogen-bond donors (Lipinski definition) is 2. The van der Waals surface area contributed by atoms with E-state index in [0.29, 0.717) is 16.8 Å². The molecule has 0 bridgehead atoms. The smallest absolute Gasteiger partial charge is 0.348 e. The molecule has 0 spiro atoms. The molecule has 31 heavy (non-hydrogen) atoms. The third-order valence-electron chi connectivity index (χ3n) is 4.26. The van der Waals surface area contributed by atoms with Gasteiger partial charge in [-0.2, -0.15) is 13.2 Å². The third kappa shape index (κ3) is 7.39. The van der Waals surface area contributed by atoms with E-state index >= 15 is 0 Å². The lowest BCUT2D eigenvalue weighted by Gasteiger charge is -2.13. The Hall–Kier alpha value is -2.88. The summed E-state index contributed by atoms with van der Waals surface area (Å²) in [4.78, 5) is 15.8. The number of aryl methyl sites for hydroxylation is 1. The Morgan fingerprint density at radius 1 is 1.19 bits per heavy atom. The zero-order chi connectivity index (χ0) is 23.4. The maximum absolute atomic E-state index is 12.9. The summed E-state index contributed by atoms with van der Waals surface area (Å²) in [6.45, 7) is 5.39. The van der Waals surface area contributed by atoms with E-state index in [4.69, 9.17) is 0 Å². The molecule has 0 aliphatic carbocycles. The Balaban J connectivity index is 2.07. The molecule has 0 atom stereocenters. The maximum atomic E-state index is 12.9. The van der Waals surface area contributed by atoms with E-state index < -0.39 is 27.8 Å². The van der Waals surface area contributed by atoms with Gasteiger partial charge in [0.15, 0.2) is 0 Å². The Morgan fingerprint density at radius 3 is 2.42 bits per heavy atom. The van der Waals surface area contributed by atoms with Crippen LogP contribution >= 0.6 is 0 Å². The number of carbonyl (C=O) groups is 1. The summed E-state index contributed by atoms with van der Waals surface area (Å²) < 4.78 is 63.8. The first-order valence-electron chi connectivity index (χ1n) is 9.37. The molecule has 0 saturated carbocycles. The van der Waals surface area contributed by atoms with Crippen LogP contribution < -0.4 is 10.0 Å². The van der Waals surface area contributed by atoms with Crippen LogP contribution in [-0.4, -0.2) is 25.6 Å². The minimum absolute atomic E-state index is 0.200. The van der Waals surface area contributed by atoms with Crippen LogP contribution in [0.1, 0.15) is 47.8 Å². The van der Waals surface area contributed by atoms with Crippen molar-refractivity contribution >= 4 is 27.7 Å². The summed E-state index contributed by atoms with van der Waals surface area (Å²) in [6.07, 6.45) is -0.803. The van der Waals surface area contributed by atoms with Crippen molar-refractivity contribution in [3.8, 4) is 0 Å². The number of nitrogens with zero attached hydrogens (tertiary/aromatic N) is 1. The molecular weight excluding hydrogens is 431 g/mol. The van der Waals surface area contributed by atoms with Crippen molar-refractivity contribution in [2.45, 2.75) is 39.4 Å². The molecule has 0 radical (unpaired) electrons. The van der Waals surface area contributed by atoms with E-state index in [-0.39, 0.29) is 18.2 Å². The van der Waals surface area contributed by atoms with E-state index in [2.05, 4.69) is 15.0 Å². The highest BCUT2D eigenvalue weighted by Gasteiger charge is 2.33. The number of hydrogen-bond acceptors (Lipinski definition) is 4. The van der Waals surface area contributed by atoms with Gasteiger partial charge >= 0.3 is 6.18 Å². The van der Waals surface area contributed by atoms with E-state index in [1.54, 1.807) is 39.0 Å². The molecule has 1 amide bonds. The molecule has 1 aromatic carbocycles. The minimum Gasteiger partial charge on any atom is -0.348 e. The number of nitrogens with one attached hydrogen (secondary N) is 2. The van der Waals surface area contributed by atoms with Crippen LogP contribution in [0.15, 0.2) is 36.4 Å². The number of rotatable bonds is 7. The van der Waals surface area contributed by atoms with Gasteiger partial charge in [-0.3, -0.25) is 9.52 Å². The van der Waals surface area contributed by atoms with Crippen molar-refractivity contribution in [3.05, 3.63) is 64.5 Å². The molecule has 0 fully saturated rings. The first-order chi connectivity index (χ1) is 14.3. The molecule has 0 aliphatic heterocycles. The molecule has 10 heteroatoms. The van der Waals surface area contributed by atoms with Gasteiger partial charge in [-0.1, -0.05) is 32.0 Å². The van der Waals surface area contributed by atoms with Crippen LogP contribution in [0, 0.1) is 6.92 Å². The predicted molar refractivity (Wildman–Crippen MR) is 114 cm³/mol. The number of alkyl halides is 3. The Labute approximate surface area is 179 Å². The van der Waals surface area contributed by atoms with Gasteiger partial charge in [-0.15, -0.1) is 0 Å². The standard InChI is InChI=1S/C21H24F3N3O3S/c1-13(2)20-16(6-9-18(26-20)21(22,23)24)7-10-19(28)25-12-15-5-8-17(14(3)11-15)27-31(4,29)30/h5-11,13,27H,12H2,1-4H3,(H,25,28)/b10-7+. The second-order valence-corrected chi connectivity index (χ2v) is 9.15. The van der Waals surface area contributed by atoms with Crippen molar-refractivity contribution < 1.29 is 26.4 Å². The quantitative estimate of drug-likeness (QED) is 0.612. The lowest BCUT2D eigenvalue weighted by molar-refractivity contribution is -0.141. The maximum Gasteiger partial charge on any atom is 0.433 e. The molecule has 6 nitrogen and oxygen atoms in total. The van der Waals surface area contributed by atoms with Gasteiger partial charge in [-0.05, 0) is 47.7 Å². The van der Waals surface area contributed by atoms with Gasteiger partial charge in [0.05, 0.1) is 17.6 Å². The molecule has 168 valence electrons. The first kappa shape index (κ1) is 24.4. The number of anilines is 1. The predicted octanol–water partition coefficient (Wildman–Crippen LogP) is 4.23. The van der Waals surface area contributed by atoms with E-state index in [1.165, 1.54) is 18.2 Å². The average molecular weight is 456 g/mol. The molecule has 1 aromatic heterocycles. The zero-order valence-electron chi connectivity index (χ0n) is 17.5. The van der Waals surface area contributed by atoms with Crippen molar-refractivity contribution in [1.29, 1.82) is 0 Å². The fraction of sp³-hybridized carbons (Fsp3) is 0.333. The SMILES string of the molecule is Cc1cc(CNC(=O)/C=C/c2ccc(C(F)(F)F)nc2C(C)C)ccc1NS(C)(=O)=O. The van der Waals surface area contributed by atoms with Crippen LogP contribution in [0.4, 0.5) is 18.9 Å². The number of sulfonamides is 1. The second-order valence-electron chi connectivity index (χ2n) is 7.40. The molecule has 1 heterocycles. The van der Waals surface area contributed by atoms with Crippen molar-refractivity contribution in [3.63, 3.8) is 0 Å². The Morgan fingerprint density at radius 2 is 1.87 bits per heavy atom. The van der Waals surface area contributed by atoms with Crippen LogP contribution in [0.25, 0.3) is 6.08 Å². The summed E-state index contributed by atoms with van der Waals surface area (Å²) in [5, 5.41) is 2.68. The van der Waals surface area contributed by atoms with E-state index in [0.717, 1.165) is 17.9 Å². The molecule has 2 rings (SSSR count). The zero-order valence-corrected chi connectivity index (χ0v) is 18.4. The summed E-state index contributed by atoms with van der Waals surface area (Å²) in [6, 6.07) is 7.22. The number of benzene rings is 1. The number of aromatic nitrogens is 1. The summed E-state index contributed by atoms with van der Waals surface area (Å²) >= 11 is 0. The van der Waals surface area contributed by atoms with Gasteiger partial charge in [0.2, 0.25) is 15.9 Å². The number of pyridine rings is 1. The van der Waals surface area contributed by atoms with Gasteiger partial charge in [-0.25, -0.2) is 13.4 Å². The van der Waals surface area contributed by atoms with E-state index in [1.807, 2.05) is 0 Å². The van der Waals surface area contributed by atoms with Gasteiger partial charge in [0, 0.05) is 12.6 Å². The average Bonchev–Trinajstić information content (AvgIpc) is 2.64. The molecule has 2 N–H and O–H groups in total. The molecule has 0 unspecified atom stereocenters. The minimum atomic E-state index is -4.53. The lowest BCUT2D eigenvalue weighted by Crippen LogP contribution is -2.20. The highest BCUT2D eigenvalue weighted by Crippen LogP contribution is 2.30. The molecule has 0 saturated heterocycles. The van der Waals surface area contributed by atoms with Gasteiger partial charge in [0.1, 0.15) is 5.69 Å².